The number of nitrogens with zero attached hydrogens (tertiary/aromatic N) is 1. The van der Waals surface area contributed by atoms with Gasteiger partial charge in [-0.15, -0.1) is 0 Å². The minimum absolute atomic E-state index is 0.0231. The summed E-state index contributed by atoms with van der Waals surface area (Å²) in [5, 5.41) is 13.9. The van der Waals surface area contributed by atoms with Gasteiger partial charge in [0.15, 0.2) is 0 Å². The molecule has 2 fully saturated rings. The summed E-state index contributed by atoms with van der Waals surface area (Å²) in [6, 6.07) is 8.58. The molecule has 0 radical (unpaired) electrons. The molecule has 1 aromatic rings. The minimum Gasteiger partial charge on any atom is -0.508 e. The Labute approximate surface area is 152 Å². The average molecular weight is 347 g/mol. The molecule has 25 heavy (non-hydrogen) atoms. The number of benzene rings is 1. The van der Waals surface area contributed by atoms with Crippen LogP contribution in [0.25, 0.3) is 0 Å². The first kappa shape index (κ1) is 18.7. The number of phenolic OH excluding ortho intramolecular Hbond substituents is 1. The van der Waals surface area contributed by atoms with Crippen molar-refractivity contribution in [3.05, 3.63) is 29.8 Å². The van der Waals surface area contributed by atoms with E-state index >= 15 is 0 Å². The van der Waals surface area contributed by atoms with Gasteiger partial charge in [-0.05, 0) is 56.3 Å². The first-order chi connectivity index (χ1) is 12.2. The third-order valence-electron chi connectivity index (χ3n) is 6.01. The highest BCUT2D eigenvalue weighted by atomic mass is 16.5. The molecule has 2 aliphatic rings. The lowest BCUT2D eigenvalue weighted by Gasteiger charge is -2.45. The molecule has 1 aliphatic carbocycles. The van der Waals surface area contributed by atoms with Gasteiger partial charge in [0, 0.05) is 24.7 Å². The summed E-state index contributed by atoms with van der Waals surface area (Å²) >= 11 is 0. The average Bonchev–Trinajstić information content (AvgIpc) is 2.66. The predicted octanol–water partition coefficient (Wildman–Crippen LogP) is 3.64. The Morgan fingerprint density at radius 2 is 1.96 bits per heavy atom. The highest BCUT2D eigenvalue weighted by molar-refractivity contribution is 5.33. The Bertz CT molecular complexity index is 520. The Morgan fingerprint density at radius 3 is 2.64 bits per heavy atom. The standard InChI is InChI=1S/C21H34N2O2/c1-2-3-4-12-22-21(18-6-5-7-20(24)17-18)10-8-19(9-11-21)23-13-15-25-16-14-23/h5-7,17,19,22,24H,2-4,8-16H2,1H3. The molecule has 0 bridgehead atoms. The van der Waals surface area contributed by atoms with Crippen LogP contribution in [0.1, 0.15) is 57.4 Å². The van der Waals surface area contributed by atoms with Crippen molar-refractivity contribution in [2.45, 2.75) is 63.5 Å². The fourth-order valence-electron chi connectivity index (χ4n) is 4.48. The first-order valence-electron chi connectivity index (χ1n) is 10.1. The molecule has 1 saturated carbocycles. The van der Waals surface area contributed by atoms with Crippen molar-refractivity contribution in [2.24, 2.45) is 0 Å². The largest absolute Gasteiger partial charge is 0.508 e. The zero-order valence-corrected chi connectivity index (χ0v) is 15.7. The van der Waals surface area contributed by atoms with Gasteiger partial charge in [-0.25, -0.2) is 0 Å². The van der Waals surface area contributed by atoms with Crippen LogP contribution in [0.3, 0.4) is 0 Å². The van der Waals surface area contributed by atoms with Crippen LogP contribution >= 0.6 is 0 Å². The molecule has 1 aromatic carbocycles. The summed E-state index contributed by atoms with van der Waals surface area (Å²) in [5.74, 6) is 0.377. The molecule has 1 saturated heterocycles. The summed E-state index contributed by atoms with van der Waals surface area (Å²) in [7, 11) is 0. The Kier molecular flexibility index (Phi) is 6.74. The molecule has 0 unspecified atom stereocenters. The third-order valence-corrected chi connectivity index (χ3v) is 6.01. The van der Waals surface area contributed by atoms with Crippen molar-refractivity contribution in [1.82, 2.24) is 10.2 Å². The van der Waals surface area contributed by atoms with Gasteiger partial charge in [-0.2, -0.15) is 0 Å². The second-order valence-electron chi connectivity index (χ2n) is 7.65. The molecular weight excluding hydrogens is 312 g/mol. The summed E-state index contributed by atoms with van der Waals surface area (Å²) in [4.78, 5) is 2.62. The van der Waals surface area contributed by atoms with Crippen LogP contribution in [-0.2, 0) is 10.3 Å². The van der Waals surface area contributed by atoms with Gasteiger partial charge in [0.25, 0.3) is 0 Å². The number of aromatic hydroxyl groups is 1. The number of morpholine rings is 1. The highest BCUT2D eigenvalue weighted by Gasteiger charge is 2.38. The van der Waals surface area contributed by atoms with Gasteiger partial charge in [0.2, 0.25) is 0 Å². The quantitative estimate of drug-likeness (QED) is 0.740. The van der Waals surface area contributed by atoms with Crippen LogP contribution in [-0.4, -0.2) is 48.9 Å². The number of nitrogens with one attached hydrogen (secondary N) is 1. The lowest BCUT2D eigenvalue weighted by Crippen LogP contribution is -2.51. The van der Waals surface area contributed by atoms with Gasteiger partial charge >= 0.3 is 0 Å². The van der Waals surface area contributed by atoms with Crippen molar-refractivity contribution in [3.63, 3.8) is 0 Å². The molecule has 4 heteroatoms. The molecule has 0 spiro atoms. The number of unbranched alkanes of at least 4 members (excludes halogenated alkanes) is 2. The molecular formula is C21H34N2O2. The van der Waals surface area contributed by atoms with Gasteiger partial charge in [-0.1, -0.05) is 31.9 Å². The van der Waals surface area contributed by atoms with E-state index in [1.54, 1.807) is 6.07 Å². The zero-order valence-electron chi connectivity index (χ0n) is 15.7. The van der Waals surface area contributed by atoms with Gasteiger partial charge in [0.05, 0.1) is 13.2 Å². The van der Waals surface area contributed by atoms with Crippen molar-refractivity contribution in [2.75, 3.05) is 32.8 Å². The molecule has 1 aliphatic heterocycles. The van der Waals surface area contributed by atoms with Gasteiger partial charge in [-0.3, -0.25) is 4.90 Å². The second kappa shape index (κ2) is 9.02. The predicted molar refractivity (Wildman–Crippen MR) is 102 cm³/mol. The second-order valence-corrected chi connectivity index (χ2v) is 7.65. The normalized spacial score (nSPS) is 28.1. The fraction of sp³-hybridized carbons (Fsp3) is 0.714. The van der Waals surface area contributed by atoms with Crippen LogP contribution in [0.15, 0.2) is 24.3 Å². The molecule has 0 amide bonds. The molecule has 2 N–H and O–H groups in total. The topological polar surface area (TPSA) is 44.7 Å². The number of phenols is 1. The van der Waals surface area contributed by atoms with E-state index in [1.165, 1.54) is 37.7 Å². The Hall–Kier alpha value is -1.10. The zero-order chi connectivity index (χ0) is 17.5. The minimum atomic E-state index is 0.0231. The molecule has 140 valence electrons. The van der Waals surface area contributed by atoms with E-state index < -0.39 is 0 Å². The lowest BCUT2D eigenvalue weighted by atomic mass is 9.74. The molecule has 4 nitrogen and oxygen atoms in total. The third kappa shape index (κ3) is 4.75. The molecule has 0 atom stereocenters. The smallest absolute Gasteiger partial charge is 0.115 e. The summed E-state index contributed by atoms with van der Waals surface area (Å²) < 4.78 is 5.51. The van der Waals surface area contributed by atoms with E-state index in [4.69, 9.17) is 4.74 Å². The molecule has 1 heterocycles. The lowest BCUT2D eigenvalue weighted by molar-refractivity contribution is 0.000469. The van der Waals surface area contributed by atoms with Crippen molar-refractivity contribution >= 4 is 0 Å². The van der Waals surface area contributed by atoms with Crippen molar-refractivity contribution in [3.8, 4) is 5.75 Å². The number of ether oxygens (including phenoxy) is 1. The van der Waals surface area contributed by atoms with E-state index in [1.807, 2.05) is 12.1 Å². The number of rotatable bonds is 7. The Balaban J connectivity index is 1.67. The maximum atomic E-state index is 9.97. The molecule has 3 rings (SSSR count). The first-order valence-corrected chi connectivity index (χ1v) is 10.1. The van der Waals surface area contributed by atoms with E-state index in [9.17, 15) is 5.11 Å². The highest BCUT2D eigenvalue weighted by Crippen LogP contribution is 2.39. The molecule has 0 aromatic heterocycles. The van der Waals surface area contributed by atoms with Gasteiger partial charge in [0.1, 0.15) is 5.75 Å². The van der Waals surface area contributed by atoms with E-state index in [-0.39, 0.29) is 5.54 Å². The summed E-state index contributed by atoms with van der Waals surface area (Å²) in [6.07, 6.45) is 8.48. The number of hydrogen-bond acceptors (Lipinski definition) is 4. The van der Waals surface area contributed by atoms with Crippen LogP contribution in [0.4, 0.5) is 0 Å². The fourth-order valence-corrected chi connectivity index (χ4v) is 4.48. The SMILES string of the molecule is CCCCCNC1(c2cccc(O)c2)CCC(N2CCOCC2)CC1. The van der Waals surface area contributed by atoms with Crippen LogP contribution < -0.4 is 5.32 Å². The van der Waals surface area contributed by atoms with Gasteiger partial charge < -0.3 is 15.2 Å². The number of hydrogen-bond donors (Lipinski definition) is 2. The van der Waals surface area contributed by atoms with Crippen molar-refractivity contribution < 1.29 is 9.84 Å². The van der Waals surface area contributed by atoms with Crippen LogP contribution in [0.5, 0.6) is 5.75 Å². The van der Waals surface area contributed by atoms with Crippen LogP contribution in [0, 0.1) is 0 Å². The maximum Gasteiger partial charge on any atom is 0.115 e. The van der Waals surface area contributed by atoms with Crippen molar-refractivity contribution in [1.29, 1.82) is 0 Å². The summed E-state index contributed by atoms with van der Waals surface area (Å²) in [5.41, 5.74) is 1.28. The summed E-state index contributed by atoms with van der Waals surface area (Å²) in [6.45, 7) is 7.22. The van der Waals surface area contributed by atoms with E-state index in [0.29, 0.717) is 11.8 Å². The maximum absolute atomic E-state index is 9.97. The van der Waals surface area contributed by atoms with Crippen LogP contribution in [0.2, 0.25) is 0 Å². The van der Waals surface area contributed by atoms with E-state index in [2.05, 4.69) is 23.2 Å². The monoisotopic (exact) mass is 346 g/mol. The Morgan fingerprint density at radius 1 is 1.20 bits per heavy atom. The van der Waals surface area contributed by atoms with E-state index in [0.717, 1.165) is 45.7 Å².